The summed E-state index contributed by atoms with van der Waals surface area (Å²) in [5, 5.41) is 0. The maximum absolute atomic E-state index is 2.33. The van der Waals surface area contributed by atoms with Crippen molar-refractivity contribution in [2.75, 3.05) is 0 Å². The molecule has 0 spiro atoms. The van der Waals surface area contributed by atoms with Crippen LogP contribution in [0, 0.1) is 6.92 Å². The minimum absolute atomic E-state index is 0.239. The molecule has 1 rings (SSSR count). The van der Waals surface area contributed by atoms with E-state index in [1.807, 2.05) is 0 Å². The molecule has 0 radical (unpaired) electrons. The second-order valence-electron chi connectivity index (χ2n) is 5.55. The van der Waals surface area contributed by atoms with Gasteiger partial charge in [0, 0.05) is 23.9 Å². The van der Waals surface area contributed by atoms with Gasteiger partial charge in [0.15, 0.2) is 0 Å². The Kier molecular flexibility index (Phi) is 2.80. The first-order valence-corrected chi connectivity index (χ1v) is 5.42. The average Bonchev–Trinajstić information content (AvgIpc) is 2.27. The highest BCUT2D eigenvalue weighted by Gasteiger charge is 2.23. The van der Waals surface area contributed by atoms with Gasteiger partial charge in [-0.2, -0.15) is 0 Å². The standard InChI is InChI=1S/C13H23N/c1-9(2)11-8-10(3)14(7)12(11)13(4,5)6/h8-9H,1-7H3. The van der Waals surface area contributed by atoms with Crippen molar-refractivity contribution in [2.24, 2.45) is 7.05 Å². The molecule has 1 nitrogen and oxygen atoms in total. The Hall–Kier alpha value is -0.720. The predicted molar refractivity (Wildman–Crippen MR) is 62.9 cm³/mol. The minimum atomic E-state index is 0.239. The lowest BCUT2D eigenvalue weighted by atomic mass is 9.86. The predicted octanol–water partition coefficient (Wildman–Crippen LogP) is 3.75. The maximum atomic E-state index is 2.33. The fourth-order valence-corrected chi connectivity index (χ4v) is 2.14. The normalized spacial score (nSPS) is 12.6. The Labute approximate surface area is 88.1 Å². The summed E-state index contributed by atoms with van der Waals surface area (Å²) in [4.78, 5) is 0. The molecule has 0 N–H and O–H groups in total. The quantitative estimate of drug-likeness (QED) is 0.640. The maximum Gasteiger partial charge on any atom is 0.0262 e. The van der Waals surface area contributed by atoms with E-state index >= 15 is 0 Å². The van der Waals surface area contributed by atoms with E-state index < -0.39 is 0 Å². The van der Waals surface area contributed by atoms with Crippen molar-refractivity contribution in [3.8, 4) is 0 Å². The van der Waals surface area contributed by atoms with Crippen LogP contribution in [0.15, 0.2) is 6.07 Å². The largest absolute Gasteiger partial charge is 0.351 e. The molecule has 80 valence electrons. The SMILES string of the molecule is Cc1cc(C(C)C)c(C(C)(C)C)n1C. The molecule has 0 saturated heterocycles. The molecule has 0 aliphatic carbocycles. The van der Waals surface area contributed by atoms with Crippen molar-refractivity contribution in [3.05, 3.63) is 23.0 Å². The highest BCUT2D eigenvalue weighted by atomic mass is 15.0. The smallest absolute Gasteiger partial charge is 0.0262 e. The zero-order valence-corrected chi connectivity index (χ0v) is 10.6. The van der Waals surface area contributed by atoms with Gasteiger partial charge in [0.2, 0.25) is 0 Å². The van der Waals surface area contributed by atoms with Gasteiger partial charge in [-0.25, -0.2) is 0 Å². The number of aromatic nitrogens is 1. The van der Waals surface area contributed by atoms with E-state index in [9.17, 15) is 0 Å². The van der Waals surface area contributed by atoms with Gasteiger partial charge in [0.05, 0.1) is 0 Å². The van der Waals surface area contributed by atoms with Crippen LogP contribution in [0.3, 0.4) is 0 Å². The molecule has 0 amide bonds. The first-order valence-electron chi connectivity index (χ1n) is 5.42. The number of aryl methyl sites for hydroxylation is 1. The molecular formula is C13H23N. The van der Waals surface area contributed by atoms with Gasteiger partial charge >= 0.3 is 0 Å². The summed E-state index contributed by atoms with van der Waals surface area (Å²) in [6.45, 7) is 13.6. The fraction of sp³-hybridized carbons (Fsp3) is 0.692. The highest BCUT2D eigenvalue weighted by Crippen LogP contribution is 2.32. The van der Waals surface area contributed by atoms with Gasteiger partial charge < -0.3 is 4.57 Å². The lowest BCUT2D eigenvalue weighted by Gasteiger charge is -2.24. The van der Waals surface area contributed by atoms with Crippen LogP contribution in [0.5, 0.6) is 0 Å². The van der Waals surface area contributed by atoms with Crippen LogP contribution in [0.2, 0.25) is 0 Å². The summed E-state index contributed by atoms with van der Waals surface area (Å²) in [6, 6.07) is 2.32. The van der Waals surface area contributed by atoms with Crippen molar-refractivity contribution in [1.82, 2.24) is 4.57 Å². The highest BCUT2D eigenvalue weighted by molar-refractivity contribution is 5.34. The molecule has 1 aromatic heterocycles. The zero-order chi connectivity index (χ0) is 11.1. The van der Waals surface area contributed by atoms with Gasteiger partial charge in [0.25, 0.3) is 0 Å². The first-order chi connectivity index (χ1) is 6.25. The summed E-state index contributed by atoms with van der Waals surface area (Å²) in [7, 11) is 2.17. The monoisotopic (exact) mass is 193 g/mol. The zero-order valence-electron chi connectivity index (χ0n) is 10.6. The van der Waals surface area contributed by atoms with E-state index in [1.165, 1.54) is 17.0 Å². The summed E-state index contributed by atoms with van der Waals surface area (Å²) in [5.74, 6) is 0.615. The van der Waals surface area contributed by atoms with Crippen LogP contribution >= 0.6 is 0 Å². The third-order valence-corrected chi connectivity index (χ3v) is 2.83. The van der Waals surface area contributed by atoms with E-state index in [1.54, 1.807) is 0 Å². The number of hydrogen-bond acceptors (Lipinski definition) is 0. The van der Waals surface area contributed by atoms with Crippen molar-refractivity contribution in [2.45, 2.75) is 52.9 Å². The Bertz CT molecular complexity index is 324. The third-order valence-electron chi connectivity index (χ3n) is 2.83. The molecule has 1 heteroatoms. The Morgan fingerprint density at radius 3 is 2.00 bits per heavy atom. The third kappa shape index (κ3) is 1.87. The van der Waals surface area contributed by atoms with Crippen molar-refractivity contribution < 1.29 is 0 Å². The molecule has 0 atom stereocenters. The lowest BCUT2D eigenvalue weighted by molar-refractivity contribution is 0.529. The van der Waals surface area contributed by atoms with Gasteiger partial charge in [0.1, 0.15) is 0 Å². The van der Waals surface area contributed by atoms with Crippen LogP contribution in [0.1, 0.15) is 57.5 Å². The fourth-order valence-electron chi connectivity index (χ4n) is 2.14. The molecule has 0 fully saturated rings. The van der Waals surface area contributed by atoms with Crippen LogP contribution < -0.4 is 0 Å². The molecule has 0 bridgehead atoms. The topological polar surface area (TPSA) is 4.93 Å². The average molecular weight is 193 g/mol. The molecule has 0 saturated carbocycles. The van der Waals surface area contributed by atoms with E-state index in [0.717, 1.165) is 0 Å². The number of rotatable bonds is 1. The second-order valence-corrected chi connectivity index (χ2v) is 5.55. The lowest BCUT2D eigenvalue weighted by Crippen LogP contribution is -2.18. The van der Waals surface area contributed by atoms with E-state index in [0.29, 0.717) is 5.92 Å². The minimum Gasteiger partial charge on any atom is -0.351 e. The van der Waals surface area contributed by atoms with Gasteiger partial charge in [-0.05, 0) is 24.5 Å². The van der Waals surface area contributed by atoms with E-state index in [4.69, 9.17) is 0 Å². The summed E-state index contributed by atoms with van der Waals surface area (Å²) in [6.07, 6.45) is 0. The van der Waals surface area contributed by atoms with Crippen molar-refractivity contribution >= 4 is 0 Å². The molecule has 0 unspecified atom stereocenters. The van der Waals surface area contributed by atoms with Crippen LogP contribution in [0.25, 0.3) is 0 Å². The van der Waals surface area contributed by atoms with Crippen molar-refractivity contribution in [1.29, 1.82) is 0 Å². The molecule has 0 aromatic carbocycles. The van der Waals surface area contributed by atoms with Gasteiger partial charge in [-0.1, -0.05) is 34.6 Å². The van der Waals surface area contributed by atoms with Crippen LogP contribution in [0.4, 0.5) is 0 Å². The Morgan fingerprint density at radius 1 is 1.21 bits per heavy atom. The van der Waals surface area contributed by atoms with Crippen LogP contribution in [-0.4, -0.2) is 4.57 Å². The molecular weight excluding hydrogens is 170 g/mol. The molecule has 14 heavy (non-hydrogen) atoms. The van der Waals surface area contributed by atoms with E-state index in [2.05, 4.69) is 59.2 Å². The van der Waals surface area contributed by atoms with E-state index in [-0.39, 0.29) is 5.41 Å². The van der Waals surface area contributed by atoms with Gasteiger partial charge in [-0.15, -0.1) is 0 Å². The summed E-state index contributed by atoms with van der Waals surface area (Å²) < 4.78 is 2.33. The summed E-state index contributed by atoms with van der Waals surface area (Å²) in [5.41, 5.74) is 4.57. The number of hydrogen-bond donors (Lipinski definition) is 0. The Morgan fingerprint density at radius 2 is 1.71 bits per heavy atom. The van der Waals surface area contributed by atoms with Gasteiger partial charge in [-0.3, -0.25) is 0 Å². The Balaban J connectivity index is 3.38. The number of nitrogens with zero attached hydrogens (tertiary/aromatic N) is 1. The molecule has 0 aliphatic rings. The molecule has 1 aromatic rings. The molecule has 1 heterocycles. The summed E-state index contributed by atoms with van der Waals surface area (Å²) >= 11 is 0. The van der Waals surface area contributed by atoms with Crippen LogP contribution in [-0.2, 0) is 12.5 Å². The van der Waals surface area contributed by atoms with Crippen molar-refractivity contribution in [3.63, 3.8) is 0 Å². The second kappa shape index (κ2) is 3.45. The first kappa shape index (κ1) is 11.4. The molecule has 0 aliphatic heterocycles.